The lowest BCUT2D eigenvalue weighted by molar-refractivity contribution is 0.175. The summed E-state index contributed by atoms with van der Waals surface area (Å²) in [5.41, 5.74) is 0. The van der Waals surface area contributed by atoms with Crippen molar-refractivity contribution in [2.45, 2.75) is 39.2 Å². The summed E-state index contributed by atoms with van der Waals surface area (Å²) in [6.07, 6.45) is 3.61. The van der Waals surface area contributed by atoms with E-state index < -0.39 is 0 Å². The first-order valence-corrected chi connectivity index (χ1v) is 3.92. The second-order valence-corrected chi connectivity index (χ2v) is 3.25. The highest BCUT2D eigenvalue weighted by Gasteiger charge is 2.35. The van der Waals surface area contributed by atoms with E-state index in [-0.39, 0.29) is 6.10 Å². The van der Waals surface area contributed by atoms with Gasteiger partial charge in [0.15, 0.2) is 0 Å². The highest BCUT2D eigenvalue weighted by Crippen LogP contribution is 2.43. The van der Waals surface area contributed by atoms with Gasteiger partial charge in [0.05, 0.1) is 6.10 Å². The normalized spacial score (nSPS) is 36.3. The van der Waals surface area contributed by atoms with Gasteiger partial charge >= 0.3 is 0 Å². The molecule has 0 spiro atoms. The van der Waals surface area contributed by atoms with E-state index in [2.05, 4.69) is 6.92 Å². The molecule has 1 nitrogen and oxygen atoms in total. The molecule has 0 saturated heterocycles. The number of rotatable bonds is 3. The lowest BCUT2D eigenvalue weighted by atomic mass is 10.1. The standard InChI is InChI=1S/C8H16O/c1-3-7-5-8(7)4-6(2)9/h6-9H,3-5H2,1-2H3/t6-,7+,8-/m1/s1. The fraction of sp³-hybridized carbons (Fsp3) is 1.00. The zero-order valence-electron chi connectivity index (χ0n) is 6.30. The minimum Gasteiger partial charge on any atom is -0.393 e. The molecule has 0 heterocycles. The molecule has 9 heavy (non-hydrogen) atoms. The van der Waals surface area contributed by atoms with Gasteiger partial charge in [-0.2, -0.15) is 0 Å². The van der Waals surface area contributed by atoms with E-state index in [4.69, 9.17) is 5.11 Å². The van der Waals surface area contributed by atoms with Crippen molar-refractivity contribution in [2.24, 2.45) is 11.8 Å². The number of hydrogen-bond donors (Lipinski definition) is 1. The Labute approximate surface area is 57.1 Å². The van der Waals surface area contributed by atoms with Gasteiger partial charge in [-0.3, -0.25) is 0 Å². The summed E-state index contributed by atoms with van der Waals surface area (Å²) in [5.74, 6) is 1.80. The van der Waals surface area contributed by atoms with Crippen LogP contribution in [0.2, 0.25) is 0 Å². The topological polar surface area (TPSA) is 20.2 Å². The van der Waals surface area contributed by atoms with Crippen molar-refractivity contribution in [1.29, 1.82) is 0 Å². The molecule has 1 fully saturated rings. The van der Waals surface area contributed by atoms with Crippen molar-refractivity contribution in [2.75, 3.05) is 0 Å². The number of aliphatic hydroxyl groups is 1. The summed E-state index contributed by atoms with van der Waals surface area (Å²) in [7, 11) is 0. The predicted molar refractivity (Wildman–Crippen MR) is 38.2 cm³/mol. The highest BCUT2D eigenvalue weighted by atomic mass is 16.3. The first kappa shape index (κ1) is 7.07. The molecule has 1 aliphatic carbocycles. The summed E-state index contributed by atoms with van der Waals surface area (Å²) < 4.78 is 0. The smallest absolute Gasteiger partial charge is 0.0514 e. The van der Waals surface area contributed by atoms with Crippen LogP contribution in [0.25, 0.3) is 0 Å². The Hall–Kier alpha value is -0.0400. The molecule has 0 radical (unpaired) electrons. The van der Waals surface area contributed by atoms with E-state index in [1.54, 1.807) is 0 Å². The van der Waals surface area contributed by atoms with Gasteiger partial charge in [0.1, 0.15) is 0 Å². The maximum absolute atomic E-state index is 8.98. The molecule has 1 aliphatic rings. The van der Waals surface area contributed by atoms with Crippen LogP contribution in [-0.4, -0.2) is 11.2 Å². The third-order valence-corrected chi connectivity index (χ3v) is 2.24. The van der Waals surface area contributed by atoms with Gasteiger partial charge in [-0.25, -0.2) is 0 Å². The van der Waals surface area contributed by atoms with Gasteiger partial charge in [-0.1, -0.05) is 13.3 Å². The lowest BCUT2D eigenvalue weighted by Gasteiger charge is -2.00. The minimum absolute atomic E-state index is 0.0773. The monoisotopic (exact) mass is 128 g/mol. The average molecular weight is 128 g/mol. The van der Waals surface area contributed by atoms with Crippen LogP contribution in [0.3, 0.4) is 0 Å². The van der Waals surface area contributed by atoms with E-state index in [9.17, 15) is 0 Å². The summed E-state index contributed by atoms with van der Waals surface area (Å²) in [4.78, 5) is 0. The molecule has 1 heteroatoms. The first-order chi connectivity index (χ1) is 4.24. The Balaban J connectivity index is 2.05. The van der Waals surface area contributed by atoms with Crippen LogP contribution in [0.1, 0.15) is 33.1 Å². The number of aliphatic hydroxyl groups excluding tert-OH is 1. The van der Waals surface area contributed by atoms with E-state index in [1.165, 1.54) is 12.8 Å². The quantitative estimate of drug-likeness (QED) is 0.614. The predicted octanol–water partition coefficient (Wildman–Crippen LogP) is 1.80. The van der Waals surface area contributed by atoms with Crippen molar-refractivity contribution in [3.8, 4) is 0 Å². The molecule has 1 rings (SSSR count). The molecule has 0 amide bonds. The molecule has 0 aromatic rings. The van der Waals surface area contributed by atoms with Gasteiger partial charge in [0.2, 0.25) is 0 Å². The Morgan fingerprint density at radius 3 is 2.56 bits per heavy atom. The Bertz CT molecular complexity index is 88.6. The summed E-state index contributed by atoms with van der Waals surface area (Å²) >= 11 is 0. The molecule has 0 aromatic heterocycles. The zero-order valence-corrected chi connectivity index (χ0v) is 6.30. The van der Waals surface area contributed by atoms with Gasteiger partial charge < -0.3 is 5.11 Å². The molecular formula is C8H16O. The largest absolute Gasteiger partial charge is 0.393 e. The second kappa shape index (κ2) is 2.70. The third kappa shape index (κ3) is 1.98. The molecule has 1 saturated carbocycles. The van der Waals surface area contributed by atoms with Crippen LogP contribution < -0.4 is 0 Å². The van der Waals surface area contributed by atoms with Crippen molar-refractivity contribution in [3.63, 3.8) is 0 Å². The van der Waals surface area contributed by atoms with Crippen molar-refractivity contribution in [3.05, 3.63) is 0 Å². The van der Waals surface area contributed by atoms with Crippen LogP contribution in [-0.2, 0) is 0 Å². The molecule has 1 N–H and O–H groups in total. The maximum Gasteiger partial charge on any atom is 0.0514 e. The fourth-order valence-corrected chi connectivity index (χ4v) is 1.54. The van der Waals surface area contributed by atoms with Crippen LogP contribution in [0.5, 0.6) is 0 Å². The zero-order chi connectivity index (χ0) is 6.85. The van der Waals surface area contributed by atoms with Crippen molar-refractivity contribution < 1.29 is 5.11 Å². The van der Waals surface area contributed by atoms with Crippen LogP contribution in [0.4, 0.5) is 0 Å². The molecule has 0 aromatic carbocycles. The van der Waals surface area contributed by atoms with Gasteiger partial charge in [0.25, 0.3) is 0 Å². The molecule has 54 valence electrons. The molecule has 0 unspecified atom stereocenters. The molecular weight excluding hydrogens is 112 g/mol. The van der Waals surface area contributed by atoms with Crippen LogP contribution in [0, 0.1) is 11.8 Å². The number of hydrogen-bond acceptors (Lipinski definition) is 1. The first-order valence-electron chi connectivity index (χ1n) is 3.92. The fourth-order valence-electron chi connectivity index (χ4n) is 1.54. The van der Waals surface area contributed by atoms with E-state index in [1.807, 2.05) is 6.92 Å². The maximum atomic E-state index is 8.98. The van der Waals surface area contributed by atoms with E-state index in [0.29, 0.717) is 0 Å². The third-order valence-electron chi connectivity index (χ3n) is 2.24. The van der Waals surface area contributed by atoms with Crippen molar-refractivity contribution >= 4 is 0 Å². The highest BCUT2D eigenvalue weighted by molar-refractivity contribution is 4.85. The molecule has 3 atom stereocenters. The SMILES string of the molecule is CC[C@H]1C[C@H]1C[C@@H](C)O. The Morgan fingerprint density at radius 2 is 2.22 bits per heavy atom. The van der Waals surface area contributed by atoms with Gasteiger partial charge in [-0.05, 0) is 31.6 Å². The Morgan fingerprint density at radius 1 is 1.56 bits per heavy atom. The van der Waals surface area contributed by atoms with Gasteiger partial charge in [-0.15, -0.1) is 0 Å². The average Bonchev–Trinajstić information content (AvgIpc) is 2.45. The summed E-state index contributed by atoms with van der Waals surface area (Å²) in [5, 5.41) is 8.98. The van der Waals surface area contributed by atoms with Crippen molar-refractivity contribution in [1.82, 2.24) is 0 Å². The lowest BCUT2D eigenvalue weighted by Crippen LogP contribution is -2.00. The van der Waals surface area contributed by atoms with Gasteiger partial charge in [0, 0.05) is 0 Å². The van der Waals surface area contributed by atoms with E-state index in [0.717, 1.165) is 18.3 Å². The minimum atomic E-state index is -0.0773. The molecule has 0 aliphatic heterocycles. The molecule has 0 bridgehead atoms. The Kier molecular flexibility index (Phi) is 2.12. The van der Waals surface area contributed by atoms with Crippen LogP contribution in [0.15, 0.2) is 0 Å². The van der Waals surface area contributed by atoms with Crippen LogP contribution >= 0.6 is 0 Å². The van der Waals surface area contributed by atoms with E-state index >= 15 is 0 Å². The summed E-state index contributed by atoms with van der Waals surface area (Å²) in [6.45, 7) is 4.11. The summed E-state index contributed by atoms with van der Waals surface area (Å²) in [6, 6.07) is 0. The second-order valence-electron chi connectivity index (χ2n) is 3.25.